The van der Waals surface area contributed by atoms with Gasteiger partial charge in [-0.05, 0) is 30.5 Å². The molecule has 1 unspecified atom stereocenters. The van der Waals surface area contributed by atoms with E-state index in [9.17, 15) is 9.59 Å². The van der Waals surface area contributed by atoms with Crippen molar-refractivity contribution >= 4 is 17.5 Å². The number of hydrogen-bond donors (Lipinski definition) is 3. The summed E-state index contributed by atoms with van der Waals surface area (Å²) in [7, 11) is 1.91. The number of quaternary nitrogens is 2. The van der Waals surface area contributed by atoms with Crippen molar-refractivity contribution in [3.63, 3.8) is 0 Å². The fraction of sp³-hybridized carbons (Fsp3) is 0.440. The summed E-state index contributed by atoms with van der Waals surface area (Å²) in [6.45, 7) is 9.36. The number of amides is 2. The summed E-state index contributed by atoms with van der Waals surface area (Å²) in [5.74, 6) is 0.0768. The molecule has 3 rings (SSSR count). The lowest BCUT2D eigenvalue weighted by molar-refractivity contribution is -0.917. The predicted molar refractivity (Wildman–Crippen MR) is 123 cm³/mol. The van der Waals surface area contributed by atoms with Gasteiger partial charge in [-0.2, -0.15) is 0 Å². The monoisotopic (exact) mass is 424 g/mol. The lowest BCUT2D eigenvalue weighted by Gasteiger charge is -2.32. The Labute approximate surface area is 185 Å². The van der Waals surface area contributed by atoms with Crippen LogP contribution in [0.2, 0.25) is 0 Å². The highest BCUT2D eigenvalue weighted by atomic mass is 16.2. The maximum Gasteiger partial charge on any atom is 0.279 e. The number of nitrogens with zero attached hydrogens (tertiary/aromatic N) is 1. The number of likely N-dealkylation sites (N-methyl/N-ethyl adjacent to an activating group) is 1. The molecular formula is C25H36N4O2+2. The Kier molecular flexibility index (Phi) is 8.20. The predicted octanol–water partition coefficient (Wildman–Crippen LogP) is -0.0621. The Balaban J connectivity index is 1.42. The molecule has 1 heterocycles. The van der Waals surface area contributed by atoms with Gasteiger partial charge in [0.1, 0.15) is 6.54 Å². The molecule has 31 heavy (non-hydrogen) atoms. The van der Waals surface area contributed by atoms with Crippen LogP contribution in [0.4, 0.5) is 5.69 Å². The van der Waals surface area contributed by atoms with E-state index in [2.05, 4.69) is 43.4 Å². The summed E-state index contributed by atoms with van der Waals surface area (Å²) in [6, 6.07) is 16.4. The van der Waals surface area contributed by atoms with Crippen molar-refractivity contribution in [2.45, 2.75) is 26.8 Å². The fourth-order valence-electron chi connectivity index (χ4n) is 4.18. The van der Waals surface area contributed by atoms with Crippen molar-refractivity contribution in [1.82, 2.24) is 4.90 Å². The van der Waals surface area contributed by atoms with Gasteiger partial charge < -0.3 is 20.0 Å². The van der Waals surface area contributed by atoms with E-state index >= 15 is 0 Å². The topological polar surface area (TPSA) is 58.3 Å². The summed E-state index contributed by atoms with van der Waals surface area (Å²) in [5, 5.41) is 2.99. The molecule has 1 saturated heterocycles. The SMILES string of the molecule is CCc1ccccc1NC(=O)C[NH+](C)CC(=O)N1CC[NH+](Cc2ccccc2C)CC1. The van der Waals surface area contributed by atoms with Crippen LogP contribution in [0.5, 0.6) is 0 Å². The van der Waals surface area contributed by atoms with Gasteiger partial charge in [0.15, 0.2) is 13.1 Å². The largest absolute Gasteiger partial charge is 0.328 e. The fourth-order valence-corrected chi connectivity index (χ4v) is 4.18. The molecule has 6 nitrogen and oxygen atoms in total. The molecule has 6 heteroatoms. The third-order valence-corrected chi connectivity index (χ3v) is 6.11. The quantitative estimate of drug-likeness (QED) is 0.556. The van der Waals surface area contributed by atoms with Crippen molar-refractivity contribution in [1.29, 1.82) is 0 Å². The summed E-state index contributed by atoms with van der Waals surface area (Å²) in [5.41, 5.74) is 4.70. The number of anilines is 1. The van der Waals surface area contributed by atoms with E-state index < -0.39 is 0 Å². The van der Waals surface area contributed by atoms with Crippen molar-refractivity contribution in [3.8, 4) is 0 Å². The van der Waals surface area contributed by atoms with Gasteiger partial charge in [-0.1, -0.05) is 49.4 Å². The number of benzene rings is 2. The van der Waals surface area contributed by atoms with Crippen molar-refractivity contribution in [3.05, 3.63) is 65.2 Å². The van der Waals surface area contributed by atoms with Crippen LogP contribution in [-0.4, -0.2) is 63.0 Å². The molecule has 2 aromatic rings. The smallest absolute Gasteiger partial charge is 0.279 e. The Hall–Kier alpha value is -2.70. The molecule has 0 aliphatic carbocycles. The maximum absolute atomic E-state index is 12.7. The molecule has 0 spiro atoms. The van der Waals surface area contributed by atoms with Crippen LogP contribution in [0, 0.1) is 6.92 Å². The molecule has 2 amide bonds. The number of nitrogens with one attached hydrogen (secondary N) is 3. The molecule has 0 radical (unpaired) electrons. The molecule has 1 aliphatic rings. The average molecular weight is 425 g/mol. The first-order valence-electron chi connectivity index (χ1n) is 11.3. The van der Waals surface area contributed by atoms with Crippen LogP contribution in [0.3, 0.4) is 0 Å². The number of para-hydroxylation sites is 1. The zero-order chi connectivity index (χ0) is 22.2. The van der Waals surface area contributed by atoms with E-state index in [0.29, 0.717) is 6.54 Å². The van der Waals surface area contributed by atoms with Crippen LogP contribution in [0.1, 0.15) is 23.6 Å². The highest BCUT2D eigenvalue weighted by Crippen LogP contribution is 2.14. The van der Waals surface area contributed by atoms with E-state index in [0.717, 1.165) is 55.3 Å². The van der Waals surface area contributed by atoms with Gasteiger partial charge >= 0.3 is 0 Å². The molecule has 166 valence electrons. The Morgan fingerprint density at radius 3 is 2.32 bits per heavy atom. The molecular weight excluding hydrogens is 388 g/mol. The van der Waals surface area contributed by atoms with Crippen molar-refractivity contribution < 1.29 is 19.4 Å². The van der Waals surface area contributed by atoms with Crippen LogP contribution in [0.25, 0.3) is 0 Å². The summed E-state index contributed by atoms with van der Waals surface area (Å²) in [6.07, 6.45) is 0.870. The van der Waals surface area contributed by atoms with Gasteiger partial charge in [0.2, 0.25) is 0 Å². The van der Waals surface area contributed by atoms with Gasteiger partial charge in [0.05, 0.1) is 33.2 Å². The second-order valence-electron chi connectivity index (χ2n) is 8.60. The van der Waals surface area contributed by atoms with E-state index in [-0.39, 0.29) is 18.4 Å². The normalized spacial score (nSPS) is 15.5. The zero-order valence-corrected chi connectivity index (χ0v) is 19.0. The maximum atomic E-state index is 12.7. The molecule has 3 N–H and O–H groups in total. The third-order valence-electron chi connectivity index (χ3n) is 6.11. The second kappa shape index (κ2) is 11.1. The van der Waals surface area contributed by atoms with Crippen molar-refractivity contribution in [2.75, 3.05) is 51.6 Å². The number of piperazine rings is 1. The highest BCUT2D eigenvalue weighted by Gasteiger charge is 2.26. The lowest BCUT2D eigenvalue weighted by atomic mass is 10.1. The molecule has 0 saturated carbocycles. The standard InChI is InChI=1S/C25H34N4O2/c1-4-21-10-7-8-12-23(21)26-24(30)18-27(3)19-25(31)29-15-13-28(14-16-29)17-22-11-6-5-9-20(22)2/h5-12H,4,13-19H2,1-3H3,(H,26,30)/p+2. The Morgan fingerprint density at radius 2 is 1.65 bits per heavy atom. The zero-order valence-electron chi connectivity index (χ0n) is 19.0. The Bertz CT molecular complexity index is 891. The van der Waals surface area contributed by atoms with E-state index in [1.165, 1.54) is 16.0 Å². The van der Waals surface area contributed by atoms with Crippen molar-refractivity contribution in [2.24, 2.45) is 0 Å². The molecule has 1 atom stereocenters. The average Bonchev–Trinajstić information content (AvgIpc) is 2.76. The van der Waals surface area contributed by atoms with Gasteiger partial charge in [0, 0.05) is 11.3 Å². The van der Waals surface area contributed by atoms with Crippen LogP contribution in [0.15, 0.2) is 48.5 Å². The summed E-state index contributed by atoms with van der Waals surface area (Å²) >= 11 is 0. The molecule has 2 aromatic carbocycles. The van der Waals surface area contributed by atoms with Crippen LogP contribution in [-0.2, 0) is 22.6 Å². The van der Waals surface area contributed by atoms with Crippen LogP contribution < -0.4 is 15.1 Å². The number of aryl methyl sites for hydroxylation is 2. The minimum absolute atomic E-state index is 0.0568. The number of carbonyl (C=O) groups excluding carboxylic acids is 2. The number of rotatable bonds is 8. The molecule has 0 aromatic heterocycles. The Morgan fingerprint density at radius 1 is 1.00 bits per heavy atom. The van der Waals surface area contributed by atoms with E-state index in [1.807, 2.05) is 36.2 Å². The van der Waals surface area contributed by atoms with Gasteiger partial charge in [-0.25, -0.2) is 0 Å². The first-order valence-corrected chi connectivity index (χ1v) is 11.3. The summed E-state index contributed by atoms with van der Waals surface area (Å²) < 4.78 is 0. The first-order chi connectivity index (χ1) is 15.0. The highest BCUT2D eigenvalue weighted by molar-refractivity contribution is 5.92. The van der Waals surface area contributed by atoms with Crippen LogP contribution >= 0.6 is 0 Å². The molecule has 1 aliphatic heterocycles. The summed E-state index contributed by atoms with van der Waals surface area (Å²) in [4.78, 5) is 29.5. The second-order valence-corrected chi connectivity index (χ2v) is 8.60. The number of carbonyl (C=O) groups is 2. The van der Waals surface area contributed by atoms with Gasteiger partial charge in [-0.15, -0.1) is 0 Å². The lowest BCUT2D eigenvalue weighted by Crippen LogP contribution is -3.14. The first kappa shape index (κ1) is 23.0. The molecule has 0 bridgehead atoms. The van der Waals surface area contributed by atoms with Gasteiger partial charge in [-0.3, -0.25) is 9.59 Å². The third kappa shape index (κ3) is 6.64. The minimum Gasteiger partial charge on any atom is -0.328 e. The number of hydrogen-bond acceptors (Lipinski definition) is 2. The minimum atomic E-state index is -0.0568. The van der Waals surface area contributed by atoms with E-state index in [4.69, 9.17) is 0 Å². The molecule has 1 fully saturated rings. The van der Waals surface area contributed by atoms with Gasteiger partial charge in [0.25, 0.3) is 11.8 Å². The van der Waals surface area contributed by atoms with E-state index in [1.54, 1.807) is 0 Å².